The summed E-state index contributed by atoms with van der Waals surface area (Å²) in [4.78, 5) is 43.7. The second-order valence-electron chi connectivity index (χ2n) is 10.6. The summed E-state index contributed by atoms with van der Waals surface area (Å²) in [5.74, 6) is -2.48. The first kappa shape index (κ1) is 33.9. The average Bonchev–Trinajstić information content (AvgIpc) is 3.39. The van der Waals surface area contributed by atoms with Crippen molar-refractivity contribution in [3.63, 3.8) is 0 Å². The second kappa shape index (κ2) is 15.3. The highest BCUT2D eigenvalue weighted by Crippen LogP contribution is 2.40. The molecule has 2 aromatic carbocycles. The maximum absolute atomic E-state index is 13.2. The number of benzene rings is 2. The van der Waals surface area contributed by atoms with E-state index in [0.717, 1.165) is 30.6 Å². The van der Waals surface area contributed by atoms with Crippen LogP contribution in [0.3, 0.4) is 0 Å². The van der Waals surface area contributed by atoms with Crippen molar-refractivity contribution in [2.45, 2.75) is 63.1 Å². The Labute approximate surface area is 270 Å². The van der Waals surface area contributed by atoms with Crippen LogP contribution >= 0.6 is 34.5 Å². The van der Waals surface area contributed by atoms with Gasteiger partial charge in [0.2, 0.25) is 10.0 Å². The van der Waals surface area contributed by atoms with Crippen LogP contribution in [0, 0.1) is 0 Å². The van der Waals surface area contributed by atoms with Crippen molar-refractivity contribution in [1.29, 1.82) is 0 Å². The Balaban J connectivity index is 0.000000339. The molecule has 0 unspecified atom stereocenters. The smallest absolute Gasteiger partial charge is 0.308 e. The minimum absolute atomic E-state index is 0.0703. The summed E-state index contributed by atoms with van der Waals surface area (Å²) >= 11 is 13.7. The highest BCUT2D eigenvalue weighted by atomic mass is 35.5. The van der Waals surface area contributed by atoms with Crippen LogP contribution in [0.25, 0.3) is 0 Å². The zero-order valence-corrected chi connectivity index (χ0v) is 27.0. The second-order valence-corrected chi connectivity index (χ2v) is 14.5. The number of carbonyl (C=O) groups is 3. The number of fused-ring (bicyclic) bond motifs is 1. The van der Waals surface area contributed by atoms with E-state index in [9.17, 15) is 22.8 Å². The normalized spacial score (nSPS) is 18.4. The molecule has 4 N–H and O–H groups in total. The summed E-state index contributed by atoms with van der Waals surface area (Å²) in [7, 11) is -2.97. The SMILES string of the molecule is CS(=O)(=O)NC1CCCCC1.O=C(O)Cc1ccc(CONC(=O)[C@@H]2c3ccccc3C(=O)N[C@H]2c2ccc(Cl)cc2Cl)s1. The Bertz CT molecular complexity index is 1610. The van der Waals surface area contributed by atoms with E-state index in [1.54, 1.807) is 54.6 Å². The average molecular weight is 683 g/mol. The summed E-state index contributed by atoms with van der Waals surface area (Å²) in [5, 5.41) is 12.5. The molecule has 14 heteroatoms. The highest BCUT2D eigenvalue weighted by molar-refractivity contribution is 7.88. The Kier molecular flexibility index (Phi) is 11.8. The van der Waals surface area contributed by atoms with Crippen LogP contribution in [0.2, 0.25) is 10.0 Å². The number of aliphatic carboxylic acids is 1. The van der Waals surface area contributed by atoms with E-state index >= 15 is 0 Å². The molecule has 0 saturated heterocycles. The maximum Gasteiger partial charge on any atom is 0.308 e. The number of sulfonamides is 1. The van der Waals surface area contributed by atoms with Crippen LogP contribution in [0.5, 0.6) is 0 Å². The van der Waals surface area contributed by atoms with Gasteiger partial charge in [0, 0.05) is 31.4 Å². The summed E-state index contributed by atoms with van der Waals surface area (Å²) in [6.45, 7) is 0.0725. The molecule has 2 atom stereocenters. The minimum Gasteiger partial charge on any atom is -0.481 e. The van der Waals surface area contributed by atoms with Gasteiger partial charge >= 0.3 is 5.97 Å². The summed E-state index contributed by atoms with van der Waals surface area (Å²) < 4.78 is 24.2. The van der Waals surface area contributed by atoms with Crippen LogP contribution < -0.4 is 15.5 Å². The topological polar surface area (TPSA) is 151 Å². The van der Waals surface area contributed by atoms with E-state index in [2.05, 4.69) is 15.5 Å². The van der Waals surface area contributed by atoms with E-state index in [1.807, 2.05) is 0 Å². The third kappa shape index (κ3) is 9.50. The van der Waals surface area contributed by atoms with Gasteiger partial charge in [0.1, 0.15) is 6.61 Å². The summed E-state index contributed by atoms with van der Waals surface area (Å²) in [5.41, 5.74) is 3.98. The fourth-order valence-electron chi connectivity index (χ4n) is 5.27. The van der Waals surface area contributed by atoms with E-state index in [1.165, 1.54) is 24.0 Å². The molecule has 3 aromatic rings. The molecule has 10 nitrogen and oxygen atoms in total. The molecule has 1 fully saturated rings. The van der Waals surface area contributed by atoms with Gasteiger partial charge in [0.05, 0.1) is 24.6 Å². The van der Waals surface area contributed by atoms with Gasteiger partial charge in [-0.3, -0.25) is 19.2 Å². The van der Waals surface area contributed by atoms with Gasteiger partial charge in [0.15, 0.2) is 0 Å². The lowest BCUT2D eigenvalue weighted by Gasteiger charge is -2.33. The van der Waals surface area contributed by atoms with Crippen molar-refractivity contribution >= 4 is 62.3 Å². The van der Waals surface area contributed by atoms with Crippen molar-refractivity contribution in [2.24, 2.45) is 0 Å². The number of amides is 2. The predicted molar refractivity (Wildman–Crippen MR) is 169 cm³/mol. The quantitative estimate of drug-likeness (QED) is 0.222. The molecule has 2 aliphatic rings. The Morgan fingerprint density at radius 3 is 2.41 bits per heavy atom. The monoisotopic (exact) mass is 681 g/mol. The highest BCUT2D eigenvalue weighted by Gasteiger charge is 2.40. The van der Waals surface area contributed by atoms with Crippen LogP contribution in [-0.4, -0.2) is 43.6 Å². The third-order valence-electron chi connectivity index (χ3n) is 7.16. The molecule has 1 saturated carbocycles. The van der Waals surface area contributed by atoms with Crippen LogP contribution in [0.1, 0.15) is 75.3 Å². The lowest BCUT2D eigenvalue weighted by Crippen LogP contribution is -2.44. The first-order chi connectivity index (χ1) is 20.9. The molecule has 0 bridgehead atoms. The van der Waals surface area contributed by atoms with Gasteiger partial charge < -0.3 is 10.4 Å². The van der Waals surface area contributed by atoms with E-state index in [4.69, 9.17) is 33.1 Å². The number of hydrogen-bond donors (Lipinski definition) is 4. The number of carboxylic acid groups (broad SMARTS) is 1. The molecular formula is C30H33Cl2N3O7S2. The first-order valence-electron chi connectivity index (χ1n) is 13.9. The molecule has 2 amide bonds. The lowest BCUT2D eigenvalue weighted by molar-refractivity contribution is -0.137. The van der Waals surface area contributed by atoms with Crippen molar-refractivity contribution < 1.29 is 32.7 Å². The fourth-order valence-corrected chi connectivity index (χ4v) is 7.56. The molecule has 236 valence electrons. The minimum atomic E-state index is -2.97. The molecule has 2 heterocycles. The molecule has 1 aliphatic carbocycles. The van der Waals surface area contributed by atoms with Gasteiger partial charge in [0.25, 0.3) is 11.8 Å². The molecular weight excluding hydrogens is 649 g/mol. The van der Waals surface area contributed by atoms with Gasteiger partial charge in [-0.15, -0.1) is 11.3 Å². The van der Waals surface area contributed by atoms with Crippen LogP contribution in [0.15, 0.2) is 54.6 Å². The molecule has 1 aliphatic heterocycles. The number of nitrogens with one attached hydrogen (secondary N) is 3. The van der Waals surface area contributed by atoms with Gasteiger partial charge in [-0.1, -0.05) is 66.7 Å². The van der Waals surface area contributed by atoms with E-state index in [0.29, 0.717) is 31.6 Å². The van der Waals surface area contributed by atoms with E-state index in [-0.39, 0.29) is 25.0 Å². The Morgan fingerprint density at radius 1 is 1.02 bits per heavy atom. The zero-order valence-electron chi connectivity index (χ0n) is 23.8. The third-order valence-corrected chi connectivity index (χ3v) is 9.54. The predicted octanol–water partition coefficient (Wildman–Crippen LogP) is 5.37. The number of carbonyl (C=O) groups excluding carboxylic acids is 2. The Morgan fingerprint density at radius 2 is 1.73 bits per heavy atom. The van der Waals surface area contributed by atoms with Crippen molar-refractivity contribution in [3.8, 4) is 0 Å². The van der Waals surface area contributed by atoms with Gasteiger partial charge in [-0.2, -0.15) is 0 Å². The summed E-state index contributed by atoms with van der Waals surface area (Å²) in [6, 6.07) is 14.7. The zero-order chi connectivity index (χ0) is 31.9. The number of rotatable bonds is 9. The fraction of sp³-hybridized carbons (Fsp3) is 0.367. The summed E-state index contributed by atoms with van der Waals surface area (Å²) in [6.07, 6.45) is 6.74. The molecule has 5 rings (SSSR count). The van der Waals surface area contributed by atoms with Gasteiger partial charge in [-0.05, 0) is 54.3 Å². The van der Waals surface area contributed by atoms with Crippen molar-refractivity contribution in [3.05, 3.63) is 91.1 Å². The number of thiophene rings is 1. The number of halogens is 2. The molecule has 0 radical (unpaired) electrons. The first-order valence-corrected chi connectivity index (χ1v) is 17.4. The number of hydrogen-bond acceptors (Lipinski definition) is 7. The molecule has 44 heavy (non-hydrogen) atoms. The van der Waals surface area contributed by atoms with Crippen LogP contribution in [-0.2, 0) is 37.5 Å². The number of hydroxylamine groups is 1. The lowest BCUT2D eigenvalue weighted by atomic mass is 9.80. The Hall–Kier alpha value is -3.00. The largest absolute Gasteiger partial charge is 0.481 e. The molecule has 0 spiro atoms. The van der Waals surface area contributed by atoms with Gasteiger partial charge in [-0.25, -0.2) is 18.6 Å². The standard InChI is InChI=1S/C23H18Cl2N2O5S.C7H15NO2S/c24-12-5-8-17(18(25)9-12)21-20(15-3-1-2-4-16(15)22(30)26-21)23(31)27-32-11-14-7-6-13(33-14)10-19(28)29;1-11(9,10)8-7-5-3-2-4-6-7/h1-9,20-21H,10-11H2,(H,26,30)(H,27,31)(H,28,29);7-8H,2-6H2,1H3/t20-,21+;/m1./s1. The van der Waals surface area contributed by atoms with Crippen LogP contribution in [0.4, 0.5) is 0 Å². The van der Waals surface area contributed by atoms with Crippen molar-refractivity contribution in [2.75, 3.05) is 6.26 Å². The van der Waals surface area contributed by atoms with Crippen molar-refractivity contribution in [1.82, 2.24) is 15.5 Å². The number of carboxylic acids is 1. The molecule has 1 aromatic heterocycles. The maximum atomic E-state index is 13.2. The van der Waals surface area contributed by atoms with E-state index < -0.39 is 33.9 Å².